The van der Waals surface area contributed by atoms with Gasteiger partial charge >= 0.3 is 6.18 Å². The van der Waals surface area contributed by atoms with Gasteiger partial charge in [-0.2, -0.15) is 13.2 Å². The van der Waals surface area contributed by atoms with E-state index in [2.05, 4.69) is 5.32 Å². The molecule has 0 atom stereocenters. The van der Waals surface area contributed by atoms with Crippen LogP contribution in [0.5, 0.6) is 0 Å². The first kappa shape index (κ1) is 17.6. The topological polar surface area (TPSA) is 32.3 Å². The van der Waals surface area contributed by atoms with E-state index in [0.717, 1.165) is 30.2 Å². The summed E-state index contributed by atoms with van der Waals surface area (Å²) in [7, 11) is 0. The van der Waals surface area contributed by atoms with Gasteiger partial charge in [-0.3, -0.25) is 4.79 Å². The lowest BCUT2D eigenvalue weighted by Crippen LogP contribution is -2.37. The Kier molecular flexibility index (Phi) is 4.90. The Labute approximate surface area is 148 Å². The lowest BCUT2D eigenvalue weighted by atomic mass is 10.0. The van der Waals surface area contributed by atoms with Gasteiger partial charge < -0.3 is 10.2 Å². The summed E-state index contributed by atoms with van der Waals surface area (Å²) in [6.45, 7) is 0.689. The number of hydrogen-bond donors (Lipinski definition) is 1. The average molecular weight is 369 g/mol. The zero-order valence-corrected chi connectivity index (χ0v) is 14.0. The Morgan fingerprint density at radius 3 is 2.72 bits per heavy atom. The lowest BCUT2D eigenvalue weighted by Gasteiger charge is -2.30. The van der Waals surface area contributed by atoms with E-state index in [4.69, 9.17) is 11.6 Å². The smallest absolute Gasteiger partial charge is 0.362 e. The molecule has 3 rings (SSSR count). The van der Waals surface area contributed by atoms with Gasteiger partial charge in [0.1, 0.15) is 0 Å². The third kappa shape index (κ3) is 4.07. The van der Waals surface area contributed by atoms with Crippen molar-refractivity contribution in [1.29, 1.82) is 0 Å². The Hall–Kier alpha value is -2.21. The Balaban J connectivity index is 1.77. The number of halogens is 4. The molecule has 0 fully saturated rings. The predicted octanol–water partition coefficient (Wildman–Crippen LogP) is 4.75. The number of anilines is 2. The van der Waals surface area contributed by atoms with Crippen LogP contribution < -0.4 is 10.2 Å². The minimum absolute atomic E-state index is 0.00304. The summed E-state index contributed by atoms with van der Waals surface area (Å²) >= 11 is 5.65. The standard InChI is InChI=1S/C18H16ClF3N2O/c19-13-7-8-15(14(10-13)18(20,21)22)23-17(25)11-24-9-3-5-12-4-1-2-6-16(12)24/h1-2,4,6-8,10H,3,5,9,11H2,(H,23,25). The van der Waals surface area contributed by atoms with Crippen molar-refractivity contribution in [2.75, 3.05) is 23.3 Å². The lowest BCUT2D eigenvalue weighted by molar-refractivity contribution is -0.137. The van der Waals surface area contributed by atoms with Crippen molar-refractivity contribution in [3.63, 3.8) is 0 Å². The number of carbonyl (C=O) groups is 1. The maximum Gasteiger partial charge on any atom is 0.418 e. The number of alkyl halides is 3. The van der Waals surface area contributed by atoms with Crippen LogP contribution >= 0.6 is 11.6 Å². The first-order valence-electron chi connectivity index (χ1n) is 7.84. The molecule has 2 aromatic carbocycles. The number of nitrogens with one attached hydrogen (secondary N) is 1. The molecule has 1 amide bonds. The van der Waals surface area contributed by atoms with Gasteiger partial charge in [0.2, 0.25) is 5.91 Å². The summed E-state index contributed by atoms with van der Waals surface area (Å²) in [5, 5.41) is 2.33. The second-order valence-electron chi connectivity index (χ2n) is 5.89. The molecule has 0 aliphatic carbocycles. The van der Waals surface area contributed by atoms with Crippen molar-refractivity contribution in [3.8, 4) is 0 Å². The van der Waals surface area contributed by atoms with E-state index in [0.29, 0.717) is 6.54 Å². The fraction of sp³-hybridized carbons (Fsp3) is 0.278. The first-order chi connectivity index (χ1) is 11.8. The van der Waals surface area contributed by atoms with Crippen molar-refractivity contribution in [2.24, 2.45) is 0 Å². The molecule has 1 N–H and O–H groups in total. The number of amides is 1. The molecule has 1 aliphatic heterocycles. The number of benzene rings is 2. The van der Waals surface area contributed by atoms with Crippen LogP contribution in [0.2, 0.25) is 5.02 Å². The summed E-state index contributed by atoms with van der Waals surface area (Å²) in [5.41, 5.74) is 0.861. The molecule has 0 bridgehead atoms. The summed E-state index contributed by atoms with van der Waals surface area (Å²) in [5.74, 6) is -0.496. The van der Waals surface area contributed by atoms with E-state index in [-0.39, 0.29) is 17.3 Å². The molecular formula is C18H16ClF3N2O. The highest BCUT2D eigenvalue weighted by Crippen LogP contribution is 2.36. The molecular weight excluding hydrogens is 353 g/mol. The van der Waals surface area contributed by atoms with Gasteiger partial charge in [0, 0.05) is 17.3 Å². The van der Waals surface area contributed by atoms with Gasteiger partial charge in [-0.1, -0.05) is 29.8 Å². The minimum atomic E-state index is -4.59. The van der Waals surface area contributed by atoms with Crippen LogP contribution in [0.3, 0.4) is 0 Å². The van der Waals surface area contributed by atoms with E-state index in [1.807, 2.05) is 29.2 Å². The second-order valence-corrected chi connectivity index (χ2v) is 6.33. The highest BCUT2D eigenvalue weighted by Gasteiger charge is 2.34. The average Bonchev–Trinajstić information content (AvgIpc) is 2.56. The number of para-hydroxylation sites is 1. The summed E-state index contributed by atoms with van der Waals surface area (Å²) in [4.78, 5) is 14.2. The van der Waals surface area contributed by atoms with Crippen molar-refractivity contribution in [2.45, 2.75) is 19.0 Å². The van der Waals surface area contributed by atoms with Crippen molar-refractivity contribution in [1.82, 2.24) is 0 Å². The summed E-state index contributed by atoms with van der Waals surface area (Å²) in [6, 6.07) is 11.1. The molecule has 132 valence electrons. The number of rotatable bonds is 3. The van der Waals surface area contributed by atoms with Crippen molar-refractivity contribution in [3.05, 3.63) is 58.6 Å². The highest BCUT2D eigenvalue weighted by molar-refractivity contribution is 6.30. The normalized spacial score (nSPS) is 14.2. The summed E-state index contributed by atoms with van der Waals surface area (Å²) < 4.78 is 39.3. The van der Waals surface area contributed by atoms with Crippen LogP contribution in [0.15, 0.2) is 42.5 Å². The molecule has 3 nitrogen and oxygen atoms in total. The van der Waals surface area contributed by atoms with Gasteiger partial charge in [0.25, 0.3) is 0 Å². The Morgan fingerprint density at radius 2 is 1.96 bits per heavy atom. The summed E-state index contributed by atoms with van der Waals surface area (Å²) in [6.07, 6.45) is -2.76. The molecule has 25 heavy (non-hydrogen) atoms. The molecule has 0 spiro atoms. The Bertz CT molecular complexity index is 792. The Morgan fingerprint density at radius 1 is 1.20 bits per heavy atom. The molecule has 1 heterocycles. The molecule has 0 unspecified atom stereocenters. The van der Waals surface area contributed by atoms with Crippen LogP contribution in [0, 0.1) is 0 Å². The van der Waals surface area contributed by atoms with Crippen LogP contribution in [-0.2, 0) is 17.4 Å². The molecule has 0 radical (unpaired) electrons. The number of carbonyl (C=O) groups excluding carboxylic acids is 1. The third-order valence-electron chi connectivity index (χ3n) is 4.10. The van der Waals surface area contributed by atoms with E-state index in [1.165, 1.54) is 12.1 Å². The number of aryl methyl sites for hydroxylation is 1. The van der Waals surface area contributed by atoms with E-state index < -0.39 is 17.6 Å². The second kappa shape index (κ2) is 6.96. The minimum Gasteiger partial charge on any atom is -0.362 e. The number of fused-ring (bicyclic) bond motifs is 1. The number of nitrogens with zero attached hydrogens (tertiary/aromatic N) is 1. The maximum absolute atomic E-state index is 13.1. The SMILES string of the molecule is O=C(CN1CCCc2ccccc21)Nc1ccc(Cl)cc1C(F)(F)F. The quantitative estimate of drug-likeness (QED) is 0.848. The number of hydrogen-bond acceptors (Lipinski definition) is 2. The van der Waals surface area contributed by atoms with Crippen molar-refractivity contribution < 1.29 is 18.0 Å². The van der Waals surface area contributed by atoms with Crippen molar-refractivity contribution >= 4 is 28.9 Å². The van der Waals surface area contributed by atoms with Gasteiger partial charge in [0.05, 0.1) is 17.8 Å². The first-order valence-corrected chi connectivity index (χ1v) is 8.22. The van der Waals surface area contributed by atoms with Gasteiger partial charge in [0.15, 0.2) is 0 Å². The fourth-order valence-electron chi connectivity index (χ4n) is 3.00. The van der Waals surface area contributed by atoms with Gasteiger partial charge in [-0.25, -0.2) is 0 Å². The van der Waals surface area contributed by atoms with Crippen LogP contribution in [0.25, 0.3) is 0 Å². The van der Waals surface area contributed by atoms with E-state index >= 15 is 0 Å². The van der Waals surface area contributed by atoms with Gasteiger partial charge in [-0.05, 0) is 42.7 Å². The molecule has 0 saturated carbocycles. The van der Waals surface area contributed by atoms with Crippen LogP contribution in [0.4, 0.5) is 24.5 Å². The van der Waals surface area contributed by atoms with Crippen LogP contribution in [0.1, 0.15) is 17.5 Å². The molecule has 7 heteroatoms. The largest absolute Gasteiger partial charge is 0.418 e. The highest BCUT2D eigenvalue weighted by atomic mass is 35.5. The molecule has 1 aliphatic rings. The maximum atomic E-state index is 13.1. The van der Waals surface area contributed by atoms with E-state index in [9.17, 15) is 18.0 Å². The van der Waals surface area contributed by atoms with Crippen LogP contribution in [-0.4, -0.2) is 19.0 Å². The third-order valence-corrected chi connectivity index (χ3v) is 4.34. The molecule has 0 saturated heterocycles. The predicted molar refractivity (Wildman–Crippen MR) is 92.1 cm³/mol. The zero-order chi connectivity index (χ0) is 18.0. The molecule has 2 aromatic rings. The van der Waals surface area contributed by atoms with Gasteiger partial charge in [-0.15, -0.1) is 0 Å². The van der Waals surface area contributed by atoms with E-state index in [1.54, 1.807) is 0 Å². The zero-order valence-electron chi connectivity index (χ0n) is 13.2. The fourth-order valence-corrected chi connectivity index (χ4v) is 3.17. The monoisotopic (exact) mass is 368 g/mol. The molecule has 0 aromatic heterocycles.